The number of carbonyl (C=O) groups is 1. The van der Waals surface area contributed by atoms with Gasteiger partial charge in [-0.3, -0.25) is 0 Å². The molecule has 5 unspecified atom stereocenters. The fourth-order valence-electron chi connectivity index (χ4n) is 1.71. The van der Waals surface area contributed by atoms with Crippen molar-refractivity contribution in [2.45, 2.75) is 58.2 Å². The van der Waals surface area contributed by atoms with Gasteiger partial charge in [-0.15, -0.1) is 0 Å². The van der Waals surface area contributed by atoms with Gasteiger partial charge in [-0.05, 0) is 27.7 Å². The molecule has 0 aromatic carbocycles. The van der Waals surface area contributed by atoms with Crippen LogP contribution in [-0.2, 0) is 33.2 Å². The zero-order chi connectivity index (χ0) is 20.2. The Morgan fingerprint density at radius 1 is 0.963 bits per heavy atom. The minimum atomic E-state index is -0.935. The SMILES string of the molecule is C=C(C)C(=O)O.CC(COCC1CO1)OCC(C)OCC(C)OCC1CO1. The fraction of sp³-hybridized carbons (Fsp3) is 0.842. The van der Waals surface area contributed by atoms with E-state index < -0.39 is 5.97 Å². The lowest BCUT2D eigenvalue weighted by atomic mass is 10.4. The Labute approximate surface area is 161 Å². The Morgan fingerprint density at radius 3 is 1.81 bits per heavy atom. The molecule has 0 aromatic rings. The molecule has 0 radical (unpaired) electrons. The van der Waals surface area contributed by atoms with Gasteiger partial charge in [-0.25, -0.2) is 4.79 Å². The third-order valence-electron chi connectivity index (χ3n) is 3.62. The molecular weight excluding hydrogens is 356 g/mol. The Balaban J connectivity index is 0.000000527. The lowest BCUT2D eigenvalue weighted by Gasteiger charge is -2.19. The van der Waals surface area contributed by atoms with Gasteiger partial charge in [-0.2, -0.15) is 0 Å². The van der Waals surface area contributed by atoms with E-state index >= 15 is 0 Å². The molecule has 27 heavy (non-hydrogen) atoms. The number of hydrogen-bond acceptors (Lipinski definition) is 7. The average molecular weight is 390 g/mol. The van der Waals surface area contributed by atoms with E-state index in [4.69, 9.17) is 33.5 Å². The molecule has 2 heterocycles. The molecule has 2 aliphatic rings. The highest BCUT2D eigenvalue weighted by molar-refractivity contribution is 5.84. The minimum Gasteiger partial charge on any atom is -0.478 e. The van der Waals surface area contributed by atoms with E-state index in [0.29, 0.717) is 45.2 Å². The van der Waals surface area contributed by atoms with E-state index in [1.54, 1.807) is 0 Å². The van der Waals surface area contributed by atoms with Crippen LogP contribution in [0.15, 0.2) is 12.2 Å². The lowest BCUT2D eigenvalue weighted by molar-refractivity contribution is -0.132. The number of ether oxygens (including phenoxy) is 6. The van der Waals surface area contributed by atoms with E-state index in [0.717, 1.165) is 13.2 Å². The van der Waals surface area contributed by atoms with Gasteiger partial charge >= 0.3 is 5.97 Å². The van der Waals surface area contributed by atoms with Gasteiger partial charge in [0.25, 0.3) is 0 Å². The molecule has 0 spiro atoms. The van der Waals surface area contributed by atoms with E-state index in [1.165, 1.54) is 6.92 Å². The van der Waals surface area contributed by atoms with E-state index in [2.05, 4.69) is 6.58 Å². The molecule has 2 saturated heterocycles. The summed E-state index contributed by atoms with van der Waals surface area (Å²) in [5.41, 5.74) is 0.176. The van der Waals surface area contributed by atoms with Crippen molar-refractivity contribution in [3.8, 4) is 0 Å². The standard InChI is InChI=1S/C15H28O6.C4H6O2/c1-11(4-16-7-14-9-20-14)17-5-12(2)18-6-13(3)19-8-15-10-21-15;1-3(2)4(5)6/h11-15H,4-10H2,1-3H3;1H2,2H3,(H,5,6). The molecule has 158 valence electrons. The largest absolute Gasteiger partial charge is 0.478 e. The summed E-state index contributed by atoms with van der Waals surface area (Å²) in [6.07, 6.45) is 0.797. The summed E-state index contributed by atoms with van der Waals surface area (Å²) in [7, 11) is 0. The Hall–Kier alpha value is -1.03. The van der Waals surface area contributed by atoms with Crippen molar-refractivity contribution < 1.29 is 38.3 Å². The van der Waals surface area contributed by atoms with Crippen molar-refractivity contribution in [3.63, 3.8) is 0 Å². The van der Waals surface area contributed by atoms with E-state index in [1.807, 2.05) is 20.8 Å². The number of epoxide rings is 2. The van der Waals surface area contributed by atoms with Gasteiger partial charge in [0.1, 0.15) is 12.2 Å². The van der Waals surface area contributed by atoms with Crippen LogP contribution in [0.5, 0.6) is 0 Å². The molecule has 1 N–H and O–H groups in total. The summed E-state index contributed by atoms with van der Waals surface area (Å²) in [4.78, 5) is 9.60. The quantitative estimate of drug-likeness (QED) is 0.353. The minimum absolute atomic E-state index is 0.0439. The topological polar surface area (TPSA) is 99.3 Å². The predicted octanol–water partition coefficient (Wildman–Crippen LogP) is 1.66. The lowest BCUT2D eigenvalue weighted by Crippen LogP contribution is -2.27. The number of carboxylic acids is 1. The van der Waals surface area contributed by atoms with Crippen LogP contribution in [0.3, 0.4) is 0 Å². The van der Waals surface area contributed by atoms with Crippen LogP contribution in [0.2, 0.25) is 0 Å². The molecule has 2 rings (SSSR count). The molecule has 0 saturated carbocycles. The first-order chi connectivity index (χ1) is 12.8. The van der Waals surface area contributed by atoms with Crippen molar-refractivity contribution in [1.82, 2.24) is 0 Å². The average Bonchev–Trinajstić information content (AvgIpc) is 3.51. The first-order valence-electron chi connectivity index (χ1n) is 9.32. The van der Waals surface area contributed by atoms with Crippen LogP contribution >= 0.6 is 0 Å². The number of carboxylic acid groups (broad SMARTS) is 1. The second-order valence-corrected chi connectivity index (χ2v) is 6.97. The molecule has 0 bridgehead atoms. The van der Waals surface area contributed by atoms with Gasteiger partial charge in [0.15, 0.2) is 0 Å². The highest BCUT2D eigenvalue weighted by atomic mass is 16.6. The van der Waals surface area contributed by atoms with Crippen LogP contribution in [0.1, 0.15) is 27.7 Å². The van der Waals surface area contributed by atoms with Crippen molar-refractivity contribution >= 4 is 5.97 Å². The van der Waals surface area contributed by atoms with E-state index in [9.17, 15) is 4.79 Å². The number of rotatable bonds is 14. The molecule has 0 aliphatic carbocycles. The monoisotopic (exact) mass is 390 g/mol. The van der Waals surface area contributed by atoms with Crippen LogP contribution < -0.4 is 0 Å². The summed E-state index contributed by atoms with van der Waals surface area (Å²) in [6.45, 7) is 15.3. The summed E-state index contributed by atoms with van der Waals surface area (Å²) < 4.78 is 32.7. The zero-order valence-electron chi connectivity index (χ0n) is 16.8. The van der Waals surface area contributed by atoms with Crippen molar-refractivity contribution in [2.24, 2.45) is 0 Å². The van der Waals surface area contributed by atoms with Gasteiger partial charge in [-0.1, -0.05) is 6.58 Å². The zero-order valence-corrected chi connectivity index (χ0v) is 16.8. The third kappa shape index (κ3) is 14.7. The summed E-state index contributed by atoms with van der Waals surface area (Å²) in [5, 5.41) is 7.89. The van der Waals surface area contributed by atoms with Gasteiger partial charge in [0.2, 0.25) is 0 Å². The molecule has 2 fully saturated rings. The van der Waals surface area contributed by atoms with Gasteiger partial charge in [0, 0.05) is 5.57 Å². The third-order valence-corrected chi connectivity index (χ3v) is 3.62. The number of hydrogen-bond donors (Lipinski definition) is 1. The fourth-order valence-corrected chi connectivity index (χ4v) is 1.71. The smallest absolute Gasteiger partial charge is 0.330 e. The molecule has 8 nitrogen and oxygen atoms in total. The Bertz CT molecular complexity index is 421. The normalized spacial score (nSPS) is 23.6. The molecule has 2 aliphatic heterocycles. The number of aliphatic carboxylic acids is 1. The van der Waals surface area contributed by atoms with Crippen molar-refractivity contribution in [2.75, 3.05) is 46.2 Å². The second-order valence-electron chi connectivity index (χ2n) is 6.97. The maximum atomic E-state index is 9.60. The summed E-state index contributed by atoms with van der Waals surface area (Å²) >= 11 is 0. The highest BCUT2D eigenvalue weighted by Crippen LogP contribution is 2.11. The molecule has 5 atom stereocenters. The van der Waals surface area contributed by atoms with Crippen molar-refractivity contribution in [3.05, 3.63) is 12.2 Å². The first-order valence-corrected chi connectivity index (χ1v) is 9.32. The molecule has 0 amide bonds. The van der Waals surface area contributed by atoms with Crippen LogP contribution in [0.4, 0.5) is 0 Å². The van der Waals surface area contributed by atoms with Gasteiger partial charge in [0.05, 0.1) is 64.6 Å². The summed E-state index contributed by atoms with van der Waals surface area (Å²) in [5.74, 6) is -0.935. The predicted molar refractivity (Wildman–Crippen MR) is 99.0 cm³/mol. The van der Waals surface area contributed by atoms with Crippen LogP contribution in [0, 0.1) is 0 Å². The van der Waals surface area contributed by atoms with E-state index in [-0.39, 0.29) is 23.9 Å². The summed E-state index contributed by atoms with van der Waals surface area (Å²) in [6, 6.07) is 0. The molecular formula is C19H34O8. The Kier molecular flexibility index (Phi) is 11.7. The maximum Gasteiger partial charge on any atom is 0.330 e. The Morgan fingerprint density at radius 2 is 1.37 bits per heavy atom. The van der Waals surface area contributed by atoms with Crippen LogP contribution in [0.25, 0.3) is 0 Å². The highest BCUT2D eigenvalue weighted by Gasteiger charge is 2.24. The van der Waals surface area contributed by atoms with Crippen LogP contribution in [-0.4, -0.2) is 87.8 Å². The first kappa shape index (κ1) is 24.0. The maximum absolute atomic E-state index is 9.60. The molecule has 8 heteroatoms. The second kappa shape index (κ2) is 13.2. The van der Waals surface area contributed by atoms with Crippen molar-refractivity contribution in [1.29, 1.82) is 0 Å². The molecule has 0 aromatic heterocycles. The van der Waals surface area contributed by atoms with Gasteiger partial charge < -0.3 is 33.5 Å².